The summed E-state index contributed by atoms with van der Waals surface area (Å²) in [4.78, 5) is 0. The first-order valence-electron chi connectivity index (χ1n) is 6.21. The molecule has 0 radical (unpaired) electrons. The zero-order valence-electron chi connectivity index (χ0n) is 10.0. The number of benzene rings is 1. The highest BCUT2D eigenvalue weighted by Gasteiger charge is 2.01. The van der Waals surface area contributed by atoms with Crippen LogP contribution in [0.25, 0.3) is 0 Å². The minimum atomic E-state index is 0.373. The van der Waals surface area contributed by atoms with Gasteiger partial charge in [-0.3, -0.25) is 0 Å². The van der Waals surface area contributed by atoms with E-state index in [-0.39, 0.29) is 0 Å². The molecular weight excluding hydrogens is 220 g/mol. The second-order valence-electron chi connectivity index (χ2n) is 4.29. The van der Waals surface area contributed by atoms with E-state index in [1.807, 2.05) is 6.07 Å². The highest BCUT2D eigenvalue weighted by molar-refractivity contribution is 6.30. The Kier molecular flexibility index (Phi) is 6.32. The lowest BCUT2D eigenvalue weighted by atomic mass is 10.0. The largest absolute Gasteiger partial charge is 0.508 e. The van der Waals surface area contributed by atoms with Crippen LogP contribution in [0.15, 0.2) is 18.2 Å². The van der Waals surface area contributed by atoms with Crippen molar-refractivity contribution in [3.63, 3.8) is 0 Å². The van der Waals surface area contributed by atoms with E-state index in [2.05, 4.69) is 6.92 Å². The van der Waals surface area contributed by atoms with Crippen LogP contribution in [0.4, 0.5) is 0 Å². The Morgan fingerprint density at radius 2 is 1.75 bits per heavy atom. The molecule has 0 heterocycles. The number of unbranched alkanes of at least 4 members (excludes halogenated alkanes) is 5. The predicted molar refractivity (Wildman–Crippen MR) is 70.2 cm³/mol. The van der Waals surface area contributed by atoms with Crippen LogP contribution in [0, 0.1) is 0 Å². The van der Waals surface area contributed by atoms with Gasteiger partial charge in [-0.05, 0) is 36.6 Å². The monoisotopic (exact) mass is 240 g/mol. The third-order valence-corrected chi connectivity index (χ3v) is 3.08. The van der Waals surface area contributed by atoms with Crippen molar-refractivity contribution in [3.8, 4) is 5.75 Å². The molecule has 0 fully saturated rings. The van der Waals surface area contributed by atoms with E-state index in [0.717, 1.165) is 18.4 Å². The van der Waals surface area contributed by atoms with E-state index in [1.54, 1.807) is 12.1 Å². The molecule has 90 valence electrons. The molecule has 1 N–H and O–H groups in total. The molecule has 0 aliphatic heterocycles. The summed E-state index contributed by atoms with van der Waals surface area (Å²) in [7, 11) is 0. The molecule has 0 amide bonds. The van der Waals surface area contributed by atoms with Crippen molar-refractivity contribution in [1.29, 1.82) is 0 Å². The number of halogens is 1. The molecule has 1 aromatic rings. The van der Waals surface area contributed by atoms with E-state index in [9.17, 15) is 5.11 Å². The summed E-state index contributed by atoms with van der Waals surface area (Å²) in [6, 6.07) is 5.26. The first kappa shape index (κ1) is 13.4. The smallest absolute Gasteiger partial charge is 0.118 e. The van der Waals surface area contributed by atoms with Gasteiger partial charge in [0.15, 0.2) is 0 Å². The number of hydrogen-bond acceptors (Lipinski definition) is 1. The van der Waals surface area contributed by atoms with E-state index in [1.165, 1.54) is 32.1 Å². The fourth-order valence-corrected chi connectivity index (χ4v) is 2.04. The van der Waals surface area contributed by atoms with Crippen LogP contribution in [-0.4, -0.2) is 5.11 Å². The highest BCUT2D eigenvalue weighted by atomic mass is 35.5. The third kappa shape index (κ3) is 4.89. The molecule has 0 spiro atoms. The van der Waals surface area contributed by atoms with Gasteiger partial charge in [0.1, 0.15) is 5.75 Å². The number of phenolic OH excluding ortho intramolecular Hbond substituents is 1. The summed E-state index contributed by atoms with van der Waals surface area (Å²) >= 11 is 5.89. The minimum absolute atomic E-state index is 0.373. The van der Waals surface area contributed by atoms with Crippen molar-refractivity contribution in [3.05, 3.63) is 28.8 Å². The number of aromatic hydroxyl groups is 1. The number of hydrogen-bond donors (Lipinski definition) is 1. The molecule has 1 nitrogen and oxygen atoms in total. The summed E-state index contributed by atoms with van der Waals surface area (Å²) in [5, 5.41) is 10.3. The van der Waals surface area contributed by atoms with E-state index >= 15 is 0 Å². The van der Waals surface area contributed by atoms with E-state index < -0.39 is 0 Å². The average Bonchev–Trinajstić information content (AvgIpc) is 2.28. The fourth-order valence-electron chi connectivity index (χ4n) is 1.85. The molecule has 1 aromatic carbocycles. The molecule has 0 atom stereocenters. The van der Waals surface area contributed by atoms with Gasteiger partial charge in [-0.25, -0.2) is 0 Å². The maximum absolute atomic E-state index is 9.62. The maximum Gasteiger partial charge on any atom is 0.118 e. The summed E-state index contributed by atoms with van der Waals surface area (Å²) in [6.45, 7) is 2.23. The molecule has 16 heavy (non-hydrogen) atoms. The zero-order chi connectivity index (χ0) is 11.8. The lowest BCUT2D eigenvalue weighted by Gasteiger charge is -2.05. The molecule has 0 bridgehead atoms. The summed E-state index contributed by atoms with van der Waals surface area (Å²) in [6.07, 6.45) is 8.56. The first-order valence-corrected chi connectivity index (χ1v) is 6.59. The van der Waals surface area contributed by atoms with E-state index in [4.69, 9.17) is 11.6 Å². The van der Waals surface area contributed by atoms with Gasteiger partial charge in [-0.1, -0.05) is 50.6 Å². The number of phenols is 1. The van der Waals surface area contributed by atoms with Gasteiger partial charge in [0.2, 0.25) is 0 Å². The van der Waals surface area contributed by atoms with E-state index in [0.29, 0.717) is 10.8 Å². The van der Waals surface area contributed by atoms with Gasteiger partial charge in [0.25, 0.3) is 0 Å². The number of rotatable bonds is 7. The van der Waals surface area contributed by atoms with Crippen molar-refractivity contribution in [2.45, 2.75) is 51.9 Å². The first-order chi connectivity index (χ1) is 7.74. The quantitative estimate of drug-likeness (QED) is 0.669. The second-order valence-corrected chi connectivity index (χ2v) is 4.73. The highest BCUT2D eigenvalue weighted by Crippen LogP contribution is 2.23. The summed E-state index contributed by atoms with van der Waals surface area (Å²) in [5.41, 5.74) is 0.975. The molecule has 0 saturated carbocycles. The normalized spacial score (nSPS) is 10.6. The molecular formula is C14H21ClO. The Hall–Kier alpha value is -0.690. The van der Waals surface area contributed by atoms with Crippen molar-refractivity contribution in [2.75, 3.05) is 0 Å². The maximum atomic E-state index is 9.62. The Labute approximate surface area is 103 Å². The van der Waals surface area contributed by atoms with Crippen LogP contribution < -0.4 is 0 Å². The fraction of sp³-hybridized carbons (Fsp3) is 0.571. The van der Waals surface area contributed by atoms with Gasteiger partial charge >= 0.3 is 0 Å². The molecule has 0 aromatic heterocycles. The lowest BCUT2D eigenvalue weighted by molar-refractivity contribution is 0.466. The van der Waals surface area contributed by atoms with Crippen LogP contribution in [0.1, 0.15) is 51.0 Å². The summed E-state index contributed by atoms with van der Waals surface area (Å²) in [5.74, 6) is 0.373. The van der Waals surface area contributed by atoms with Crippen LogP contribution in [0.5, 0.6) is 5.75 Å². The van der Waals surface area contributed by atoms with Crippen LogP contribution in [0.2, 0.25) is 5.02 Å². The molecule has 0 aliphatic rings. The topological polar surface area (TPSA) is 20.2 Å². The average molecular weight is 241 g/mol. The van der Waals surface area contributed by atoms with Crippen molar-refractivity contribution in [1.82, 2.24) is 0 Å². The molecule has 1 rings (SSSR count). The third-order valence-electron chi connectivity index (χ3n) is 2.84. The number of aryl methyl sites for hydroxylation is 1. The second kappa shape index (κ2) is 7.56. The van der Waals surface area contributed by atoms with Crippen molar-refractivity contribution < 1.29 is 5.11 Å². The van der Waals surface area contributed by atoms with Crippen molar-refractivity contribution >= 4 is 11.6 Å². The molecule has 2 heteroatoms. The Morgan fingerprint density at radius 1 is 1.06 bits per heavy atom. The van der Waals surface area contributed by atoms with Gasteiger partial charge in [0.05, 0.1) is 0 Å². The predicted octanol–water partition coefficient (Wildman–Crippen LogP) is 4.95. The lowest BCUT2D eigenvalue weighted by Crippen LogP contribution is -1.87. The van der Waals surface area contributed by atoms with Gasteiger partial charge in [-0.15, -0.1) is 0 Å². The SMILES string of the molecule is CCCCCCCCc1cc(Cl)ccc1O. The van der Waals surface area contributed by atoms with Crippen LogP contribution >= 0.6 is 11.6 Å². The Balaban J connectivity index is 2.23. The summed E-state index contributed by atoms with van der Waals surface area (Å²) < 4.78 is 0. The molecule has 0 unspecified atom stereocenters. The van der Waals surface area contributed by atoms with Gasteiger partial charge in [0, 0.05) is 5.02 Å². The zero-order valence-corrected chi connectivity index (χ0v) is 10.8. The van der Waals surface area contributed by atoms with Crippen molar-refractivity contribution in [2.24, 2.45) is 0 Å². The Morgan fingerprint density at radius 3 is 2.50 bits per heavy atom. The minimum Gasteiger partial charge on any atom is -0.508 e. The van der Waals surface area contributed by atoms with Gasteiger partial charge < -0.3 is 5.11 Å². The Bertz CT molecular complexity index is 310. The van der Waals surface area contributed by atoms with Crippen LogP contribution in [-0.2, 0) is 6.42 Å². The standard InChI is InChI=1S/C14H21ClO/c1-2-3-4-5-6-7-8-12-11-13(15)9-10-14(12)16/h9-11,16H,2-8H2,1H3. The van der Waals surface area contributed by atoms with Gasteiger partial charge in [-0.2, -0.15) is 0 Å². The molecule has 0 saturated heterocycles. The molecule has 0 aliphatic carbocycles. The van der Waals surface area contributed by atoms with Crippen LogP contribution in [0.3, 0.4) is 0 Å².